The first-order chi connectivity index (χ1) is 9.34. The van der Waals surface area contributed by atoms with E-state index >= 15 is 0 Å². The zero-order valence-electron chi connectivity index (χ0n) is 10.1. The molecule has 2 heterocycles. The topological polar surface area (TPSA) is 40.7 Å². The highest BCUT2D eigenvalue weighted by atomic mass is 127. The number of para-hydroxylation sites is 1. The van der Waals surface area contributed by atoms with Crippen molar-refractivity contribution in [2.24, 2.45) is 0 Å². The second kappa shape index (κ2) is 5.75. The molecule has 0 aliphatic carbocycles. The Kier molecular flexibility index (Phi) is 3.84. The number of rotatable bonds is 4. The van der Waals surface area contributed by atoms with E-state index in [0.717, 1.165) is 17.9 Å². The van der Waals surface area contributed by atoms with E-state index in [1.807, 2.05) is 18.3 Å². The molecule has 0 amide bonds. The van der Waals surface area contributed by atoms with Crippen LogP contribution >= 0.6 is 33.9 Å². The second-order valence-corrected chi connectivity index (χ2v) is 6.19. The summed E-state index contributed by atoms with van der Waals surface area (Å²) in [6, 6.07) is 12.4. The van der Waals surface area contributed by atoms with Gasteiger partial charge in [-0.3, -0.25) is 5.10 Å². The molecular weight excluding hydrogens is 369 g/mol. The highest BCUT2D eigenvalue weighted by Gasteiger charge is 2.08. The summed E-state index contributed by atoms with van der Waals surface area (Å²) in [7, 11) is 0. The monoisotopic (exact) mass is 381 g/mol. The molecule has 0 bridgehead atoms. The fourth-order valence-corrected chi connectivity index (χ4v) is 3.21. The number of nitrogens with zero attached hydrogens (tertiary/aromatic N) is 1. The summed E-state index contributed by atoms with van der Waals surface area (Å²) in [6.45, 7) is 0.768. The van der Waals surface area contributed by atoms with Crippen molar-refractivity contribution in [1.29, 1.82) is 0 Å². The molecule has 0 aliphatic heterocycles. The minimum Gasteiger partial charge on any atom is -0.380 e. The minimum absolute atomic E-state index is 0.768. The van der Waals surface area contributed by atoms with Gasteiger partial charge in [-0.2, -0.15) is 5.10 Å². The van der Waals surface area contributed by atoms with E-state index in [1.165, 1.54) is 14.0 Å². The van der Waals surface area contributed by atoms with E-state index in [-0.39, 0.29) is 0 Å². The first-order valence-corrected chi connectivity index (χ1v) is 7.85. The SMILES string of the molecule is Ic1ccccc1NCc1cn[nH]c1-c1cccs1. The smallest absolute Gasteiger partial charge is 0.0799 e. The largest absolute Gasteiger partial charge is 0.380 e. The Bertz CT molecular complexity index is 661. The predicted molar refractivity (Wildman–Crippen MR) is 88.4 cm³/mol. The lowest BCUT2D eigenvalue weighted by molar-refractivity contribution is 1.10. The van der Waals surface area contributed by atoms with E-state index in [2.05, 4.69) is 67.8 Å². The van der Waals surface area contributed by atoms with Crippen molar-refractivity contribution in [3.8, 4) is 10.6 Å². The highest BCUT2D eigenvalue weighted by molar-refractivity contribution is 14.1. The summed E-state index contributed by atoms with van der Waals surface area (Å²) in [6.07, 6.45) is 1.89. The Morgan fingerprint density at radius 1 is 1.21 bits per heavy atom. The van der Waals surface area contributed by atoms with Crippen LogP contribution in [0.15, 0.2) is 48.0 Å². The molecule has 0 unspecified atom stereocenters. The van der Waals surface area contributed by atoms with Crippen molar-refractivity contribution in [2.45, 2.75) is 6.54 Å². The van der Waals surface area contributed by atoms with Crippen LogP contribution in [0.5, 0.6) is 0 Å². The molecule has 2 aromatic heterocycles. The summed E-state index contributed by atoms with van der Waals surface area (Å²) in [5.74, 6) is 0. The van der Waals surface area contributed by atoms with Crippen LogP contribution in [0.2, 0.25) is 0 Å². The third-order valence-electron chi connectivity index (χ3n) is 2.83. The number of aromatic nitrogens is 2. The molecule has 3 aromatic rings. The normalized spacial score (nSPS) is 10.6. The van der Waals surface area contributed by atoms with E-state index in [1.54, 1.807) is 11.3 Å². The van der Waals surface area contributed by atoms with Gasteiger partial charge >= 0.3 is 0 Å². The van der Waals surface area contributed by atoms with E-state index < -0.39 is 0 Å². The van der Waals surface area contributed by atoms with Gasteiger partial charge in [0, 0.05) is 21.4 Å². The lowest BCUT2D eigenvalue weighted by Crippen LogP contribution is -2.01. The molecule has 0 saturated carbocycles. The highest BCUT2D eigenvalue weighted by Crippen LogP contribution is 2.26. The van der Waals surface area contributed by atoms with Crippen molar-refractivity contribution in [2.75, 3.05) is 5.32 Å². The molecule has 2 N–H and O–H groups in total. The van der Waals surface area contributed by atoms with E-state index in [0.29, 0.717) is 0 Å². The molecule has 0 spiro atoms. The molecule has 0 aliphatic rings. The number of aromatic amines is 1. The van der Waals surface area contributed by atoms with Crippen LogP contribution in [0.25, 0.3) is 10.6 Å². The number of thiophene rings is 1. The first-order valence-electron chi connectivity index (χ1n) is 5.89. The third kappa shape index (κ3) is 2.82. The summed E-state index contributed by atoms with van der Waals surface area (Å²) in [4.78, 5) is 1.22. The van der Waals surface area contributed by atoms with Gasteiger partial charge in [-0.05, 0) is 46.2 Å². The third-order valence-corrected chi connectivity index (χ3v) is 4.66. The first kappa shape index (κ1) is 12.7. The zero-order valence-corrected chi connectivity index (χ0v) is 13.0. The standard InChI is InChI=1S/C14H12IN3S/c15-11-4-1-2-5-12(11)16-8-10-9-17-18-14(10)13-6-3-7-19-13/h1-7,9,16H,8H2,(H,17,18). The maximum atomic E-state index is 4.15. The number of anilines is 1. The van der Waals surface area contributed by atoms with Crippen LogP contribution in [0.1, 0.15) is 5.56 Å². The number of H-pyrrole nitrogens is 1. The number of nitrogens with one attached hydrogen (secondary N) is 2. The van der Waals surface area contributed by atoms with Crippen LogP contribution in [-0.4, -0.2) is 10.2 Å². The Labute approximate surface area is 129 Å². The number of hydrogen-bond donors (Lipinski definition) is 2. The van der Waals surface area contributed by atoms with Crippen molar-refractivity contribution in [3.05, 3.63) is 57.1 Å². The molecular formula is C14H12IN3S. The fraction of sp³-hybridized carbons (Fsp3) is 0.0714. The lowest BCUT2D eigenvalue weighted by atomic mass is 10.2. The molecule has 3 rings (SSSR count). The van der Waals surface area contributed by atoms with Crippen LogP contribution in [0, 0.1) is 3.57 Å². The fourth-order valence-electron chi connectivity index (χ4n) is 1.87. The second-order valence-electron chi connectivity index (χ2n) is 4.08. The minimum atomic E-state index is 0.768. The van der Waals surface area contributed by atoms with Gasteiger partial charge in [0.1, 0.15) is 0 Å². The molecule has 0 atom stereocenters. The maximum absolute atomic E-state index is 4.15. The van der Waals surface area contributed by atoms with Gasteiger partial charge in [0.05, 0.1) is 16.8 Å². The quantitative estimate of drug-likeness (QED) is 0.660. The van der Waals surface area contributed by atoms with Crippen LogP contribution in [0.3, 0.4) is 0 Å². The average Bonchev–Trinajstić information content (AvgIpc) is 3.08. The van der Waals surface area contributed by atoms with Crippen LogP contribution in [-0.2, 0) is 6.54 Å². The molecule has 19 heavy (non-hydrogen) atoms. The Morgan fingerprint density at radius 3 is 2.89 bits per heavy atom. The Balaban J connectivity index is 1.78. The predicted octanol–water partition coefficient (Wildman–Crippen LogP) is 4.35. The van der Waals surface area contributed by atoms with Crippen molar-refractivity contribution in [3.63, 3.8) is 0 Å². The summed E-state index contributed by atoms with van der Waals surface area (Å²) >= 11 is 4.06. The molecule has 0 radical (unpaired) electrons. The molecule has 3 nitrogen and oxygen atoms in total. The van der Waals surface area contributed by atoms with E-state index in [9.17, 15) is 0 Å². The zero-order chi connectivity index (χ0) is 13.1. The summed E-state index contributed by atoms with van der Waals surface area (Å²) in [5, 5.41) is 12.8. The van der Waals surface area contributed by atoms with Gasteiger partial charge in [0.2, 0.25) is 0 Å². The summed E-state index contributed by atoms with van der Waals surface area (Å²) < 4.78 is 1.22. The maximum Gasteiger partial charge on any atom is 0.0799 e. The van der Waals surface area contributed by atoms with Crippen molar-refractivity contribution < 1.29 is 0 Å². The summed E-state index contributed by atoms with van der Waals surface area (Å²) in [5.41, 5.74) is 3.44. The lowest BCUT2D eigenvalue weighted by Gasteiger charge is -2.08. The van der Waals surface area contributed by atoms with E-state index in [4.69, 9.17) is 0 Å². The number of benzene rings is 1. The molecule has 0 saturated heterocycles. The van der Waals surface area contributed by atoms with Gasteiger partial charge in [-0.15, -0.1) is 11.3 Å². The van der Waals surface area contributed by atoms with Gasteiger partial charge < -0.3 is 5.32 Å². The van der Waals surface area contributed by atoms with Gasteiger partial charge in [-0.1, -0.05) is 18.2 Å². The molecule has 0 fully saturated rings. The average molecular weight is 381 g/mol. The van der Waals surface area contributed by atoms with Gasteiger partial charge in [-0.25, -0.2) is 0 Å². The van der Waals surface area contributed by atoms with Gasteiger partial charge in [0.15, 0.2) is 0 Å². The Hall–Kier alpha value is -1.34. The number of halogens is 1. The molecule has 96 valence electrons. The molecule has 5 heteroatoms. The van der Waals surface area contributed by atoms with Crippen molar-refractivity contribution >= 4 is 39.6 Å². The Morgan fingerprint density at radius 2 is 2.11 bits per heavy atom. The number of hydrogen-bond acceptors (Lipinski definition) is 3. The molecule has 1 aromatic carbocycles. The van der Waals surface area contributed by atoms with Crippen LogP contribution in [0.4, 0.5) is 5.69 Å². The van der Waals surface area contributed by atoms with Crippen molar-refractivity contribution in [1.82, 2.24) is 10.2 Å². The van der Waals surface area contributed by atoms with Gasteiger partial charge in [0.25, 0.3) is 0 Å². The van der Waals surface area contributed by atoms with Crippen LogP contribution < -0.4 is 5.32 Å².